The van der Waals surface area contributed by atoms with Gasteiger partial charge in [0.05, 0.1) is 7.11 Å². The Labute approximate surface area is 97.4 Å². The lowest BCUT2D eigenvalue weighted by atomic mass is 10.1. The van der Waals surface area contributed by atoms with Crippen LogP contribution in [0.4, 0.5) is 0 Å². The zero-order chi connectivity index (χ0) is 11.8. The lowest BCUT2D eigenvalue weighted by molar-refractivity contribution is -0.143. The van der Waals surface area contributed by atoms with Gasteiger partial charge in [0, 0.05) is 6.61 Å². The van der Waals surface area contributed by atoms with Gasteiger partial charge in [-0.3, -0.25) is 4.79 Å². The van der Waals surface area contributed by atoms with Gasteiger partial charge in [0.2, 0.25) is 0 Å². The van der Waals surface area contributed by atoms with E-state index in [-0.39, 0.29) is 18.6 Å². The molecule has 0 saturated heterocycles. The van der Waals surface area contributed by atoms with E-state index in [9.17, 15) is 4.79 Å². The van der Waals surface area contributed by atoms with Crippen molar-refractivity contribution in [1.82, 2.24) is 5.32 Å². The zero-order valence-electron chi connectivity index (χ0n) is 10.1. The fourth-order valence-corrected chi connectivity index (χ4v) is 1.85. The van der Waals surface area contributed by atoms with Crippen molar-refractivity contribution >= 4 is 5.97 Å². The minimum Gasteiger partial charge on any atom is -0.468 e. The third-order valence-corrected chi connectivity index (χ3v) is 3.00. The first-order chi connectivity index (χ1) is 7.79. The molecule has 0 aliphatic heterocycles. The molecule has 4 nitrogen and oxygen atoms in total. The molecule has 94 valence electrons. The van der Waals surface area contributed by atoms with E-state index in [1.807, 2.05) is 0 Å². The number of methoxy groups -OCH3 is 1. The number of rotatable bonds is 9. The number of hydrogen-bond acceptors (Lipinski definition) is 4. The number of aliphatic hydroxyl groups excluding tert-OH is 1. The summed E-state index contributed by atoms with van der Waals surface area (Å²) in [6, 6.07) is -0.0946. The van der Waals surface area contributed by atoms with Gasteiger partial charge in [-0.15, -0.1) is 0 Å². The maximum atomic E-state index is 11.4. The molecule has 2 N–H and O–H groups in total. The van der Waals surface area contributed by atoms with Gasteiger partial charge in [-0.25, -0.2) is 0 Å². The van der Waals surface area contributed by atoms with Crippen LogP contribution in [0.2, 0.25) is 0 Å². The smallest absolute Gasteiger partial charge is 0.323 e. The fraction of sp³-hybridized carbons (Fsp3) is 0.917. The summed E-state index contributed by atoms with van der Waals surface area (Å²) in [4.78, 5) is 11.4. The molecule has 1 aliphatic rings. The third kappa shape index (κ3) is 4.94. The first-order valence-electron chi connectivity index (χ1n) is 6.21. The third-order valence-electron chi connectivity index (χ3n) is 3.00. The Balaban J connectivity index is 2.06. The molecule has 1 fully saturated rings. The second-order valence-corrected chi connectivity index (χ2v) is 4.43. The monoisotopic (exact) mass is 229 g/mol. The van der Waals surface area contributed by atoms with Crippen LogP contribution in [-0.2, 0) is 9.53 Å². The molecule has 1 aliphatic carbocycles. The second-order valence-electron chi connectivity index (χ2n) is 4.43. The molecule has 0 aromatic rings. The molecule has 0 aromatic heterocycles. The van der Waals surface area contributed by atoms with Gasteiger partial charge in [-0.05, 0) is 38.1 Å². The molecule has 1 rings (SSSR count). The summed E-state index contributed by atoms with van der Waals surface area (Å²) in [6.07, 6.45) is 6.37. The number of nitrogens with one attached hydrogen (secondary N) is 1. The highest BCUT2D eigenvalue weighted by Crippen LogP contribution is 2.33. The maximum Gasteiger partial charge on any atom is 0.323 e. The van der Waals surface area contributed by atoms with Crippen LogP contribution in [-0.4, -0.2) is 37.4 Å². The molecule has 0 aromatic carbocycles. The summed E-state index contributed by atoms with van der Waals surface area (Å²) in [5, 5.41) is 11.9. The molecular weight excluding hydrogens is 206 g/mol. The normalized spacial score (nSPS) is 17.1. The van der Waals surface area contributed by atoms with E-state index in [0.717, 1.165) is 45.1 Å². The van der Waals surface area contributed by atoms with Gasteiger partial charge in [0.15, 0.2) is 0 Å². The van der Waals surface area contributed by atoms with Crippen molar-refractivity contribution in [2.45, 2.75) is 44.6 Å². The fourth-order valence-electron chi connectivity index (χ4n) is 1.85. The molecule has 1 saturated carbocycles. The first kappa shape index (κ1) is 13.5. The number of carbonyl (C=O) groups excluding carboxylic acids is 1. The van der Waals surface area contributed by atoms with E-state index in [1.54, 1.807) is 0 Å². The van der Waals surface area contributed by atoms with Crippen LogP contribution in [0.25, 0.3) is 0 Å². The van der Waals surface area contributed by atoms with Crippen molar-refractivity contribution < 1.29 is 14.6 Å². The lowest BCUT2D eigenvalue weighted by Crippen LogP contribution is -2.39. The van der Waals surface area contributed by atoms with E-state index in [4.69, 9.17) is 9.84 Å². The molecule has 0 heterocycles. The average Bonchev–Trinajstić information content (AvgIpc) is 3.11. The number of hydrogen-bond donors (Lipinski definition) is 2. The van der Waals surface area contributed by atoms with Crippen LogP contribution in [0.5, 0.6) is 0 Å². The summed E-state index contributed by atoms with van der Waals surface area (Å²) >= 11 is 0. The summed E-state index contributed by atoms with van der Waals surface area (Å²) < 4.78 is 4.77. The topological polar surface area (TPSA) is 58.6 Å². The molecule has 0 radical (unpaired) electrons. The predicted molar refractivity (Wildman–Crippen MR) is 62.1 cm³/mol. The van der Waals surface area contributed by atoms with E-state index in [2.05, 4.69) is 5.32 Å². The largest absolute Gasteiger partial charge is 0.468 e. The average molecular weight is 229 g/mol. The molecule has 1 atom stereocenters. The Bertz CT molecular complexity index is 204. The SMILES string of the molecule is COC(=O)C(NCCCCCCO)C1CC1. The highest BCUT2D eigenvalue weighted by molar-refractivity contribution is 5.76. The number of carbonyl (C=O) groups is 1. The summed E-state index contributed by atoms with van der Waals surface area (Å²) in [5.41, 5.74) is 0. The van der Waals surface area contributed by atoms with Crippen molar-refractivity contribution in [3.63, 3.8) is 0 Å². The van der Waals surface area contributed by atoms with E-state index in [1.165, 1.54) is 7.11 Å². The molecular formula is C12H23NO3. The minimum atomic E-state index is -0.127. The molecule has 4 heteroatoms. The van der Waals surface area contributed by atoms with Crippen LogP contribution < -0.4 is 5.32 Å². The van der Waals surface area contributed by atoms with Gasteiger partial charge in [-0.1, -0.05) is 12.8 Å². The second kappa shape index (κ2) is 7.63. The Kier molecular flexibility index (Phi) is 6.42. The Morgan fingerprint density at radius 2 is 2.06 bits per heavy atom. The van der Waals surface area contributed by atoms with Crippen LogP contribution in [0.1, 0.15) is 38.5 Å². The van der Waals surface area contributed by atoms with Crippen LogP contribution >= 0.6 is 0 Å². The minimum absolute atomic E-state index is 0.0946. The quantitative estimate of drug-likeness (QED) is 0.459. The van der Waals surface area contributed by atoms with E-state index in [0.29, 0.717) is 5.92 Å². The number of aliphatic hydroxyl groups is 1. The van der Waals surface area contributed by atoms with E-state index >= 15 is 0 Å². The Morgan fingerprint density at radius 3 is 2.62 bits per heavy atom. The van der Waals surface area contributed by atoms with Crippen LogP contribution in [0, 0.1) is 5.92 Å². The van der Waals surface area contributed by atoms with Crippen molar-refractivity contribution in [2.75, 3.05) is 20.3 Å². The summed E-state index contributed by atoms with van der Waals surface area (Å²) in [7, 11) is 1.45. The van der Waals surface area contributed by atoms with Gasteiger partial charge < -0.3 is 15.2 Å². The number of ether oxygens (including phenoxy) is 1. The van der Waals surface area contributed by atoms with Crippen molar-refractivity contribution in [3.05, 3.63) is 0 Å². The summed E-state index contributed by atoms with van der Waals surface area (Å²) in [6.45, 7) is 1.14. The summed E-state index contributed by atoms with van der Waals surface area (Å²) in [5.74, 6) is 0.364. The molecule has 16 heavy (non-hydrogen) atoms. The lowest BCUT2D eigenvalue weighted by Gasteiger charge is -2.15. The number of unbranched alkanes of at least 4 members (excludes halogenated alkanes) is 3. The molecule has 1 unspecified atom stereocenters. The maximum absolute atomic E-state index is 11.4. The van der Waals surface area contributed by atoms with E-state index < -0.39 is 0 Å². The molecule has 0 spiro atoms. The molecule has 0 bridgehead atoms. The highest BCUT2D eigenvalue weighted by Gasteiger charge is 2.36. The standard InChI is InChI=1S/C12H23NO3/c1-16-12(15)11(10-6-7-10)13-8-4-2-3-5-9-14/h10-11,13-14H,2-9H2,1H3. The predicted octanol–water partition coefficient (Wildman–Crippen LogP) is 1.08. The molecule has 0 amide bonds. The Morgan fingerprint density at radius 1 is 1.38 bits per heavy atom. The van der Waals surface area contributed by atoms with Crippen LogP contribution in [0.3, 0.4) is 0 Å². The van der Waals surface area contributed by atoms with Gasteiger partial charge >= 0.3 is 5.97 Å². The van der Waals surface area contributed by atoms with Crippen molar-refractivity contribution in [3.8, 4) is 0 Å². The highest BCUT2D eigenvalue weighted by atomic mass is 16.5. The van der Waals surface area contributed by atoms with Crippen molar-refractivity contribution in [2.24, 2.45) is 5.92 Å². The van der Waals surface area contributed by atoms with Gasteiger partial charge in [-0.2, -0.15) is 0 Å². The van der Waals surface area contributed by atoms with Crippen molar-refractivity contribution in [1.29, 1.82) is 0 Å². The number of esters is 1. The zero-order valence-corrected chi connectivity index (χ0v) is 10.1. The van der Waals surface area contributed by atoms with Gasteiger partial charge in [0.25, 0.3) is 0 Å². The Hall–Kier alpha value is -0.610. The van der Waals surface area contributed by atoms with Crippen LogP contribution in [0.15, 0.2) is 0 Å². The van der Waals surface area contributed by atoms with Gasteiger partial charge in [0.1, 0.15) is 6.04 Å². The first-order valence-corrected chi connectivity index (χ1v) is 6.21.